The van der Waals surface area contributed by atoms with Crippen molar-refractivity contribution in [3.8, 4) is 0 Å². The van der Waals surface area contributed by atoms with Crippen LogP contribution in [0.5, 0.6) is 0 Å². The fourth-order valence-corrected chi connectivity index (χ4v) is 4.75. The first-order valence-electron chi connectivity index (χ1n) is 13.1. The Labute approximate surface area is 229 Å². The molecule has 0 radical (unpaired) electrons. The number of nitrogens with zero attached hydrogens (tertiary/aromatic N) is 5. The average molecular weight is 524 g/mol. The van der Waals surface area contributed by atoms with Gasteiger partial charge in [0.1, 0.15) is 11.6 Å². The van der Waals surface area contributed by atoms with Crippen LogP contribution < -0.4 is 21.7 Å². The van der Waals surface area contributed by atoms with Crippen molar-refractivity contribution in [3.05, 3.63) is 83.4 Å². The van der Waals surface area contributed by atoms with Gasteiger partial charge in [-0.3, -0.25) is 15.1 Å². The molecule has 202 valence electrons. The highest BCUT2D eigenvalue weighted by Gasteiger charge is 2.21. The number of aryl methyl sites for hydroxylation is 1. The fraction of sp³-hybridized carbons (Fsp3) is 0.267. The molecule has 0 spiro atoms. The zero-order chi connectivity index (χ0) is 27.9. The lowest BCUT2D eigenvalue weighted by Gasteiger charge is -2.26. The minimum absolute atomic E-state index is 0.243. The number of anilines is 3. The van der Waals surface area contributed by atoms with Crippen molar-refractivity contribution in [3.63, 3.8) is 0 Å². The largest absolute Gasteiger partial charge is 0.382 e. The Hall–Kier alpha value is -4.50. The maximum atomic E-state index is 9.00. The summed E-state index contributed by atoms with van der Waals surface area (Å²) in [5, 5.41) is 18.0. The number of hydrogen-bond acceptors (Lipinski definition) is 8. The van der Waals surface area contributed by atoms with Gasteiger partial charge in [0, 0.05) is 49.7 Å². The topological polar surface area (TPSA) is 134 Å². The summed E-state index contributed by atoms with van der Waals surface area (Å²) in [7, 11) is 1.82. The van der Waals surface area contributed by atoms with E-state index >= 15 is 0 Å². The third-order valence-corrected chi connectivity index (χ3v) is 6.71. The highest BCUT2D eigenvalue weighted by atomic mass is 15.3. The van der Waals surface area contributed by atoms with Crippen molar-refractivity contribution in [2.24, 2.45) is 17.8 Å². The van der Waals surface area contributed by atoms with Gasteiger partial charge in [-0.1, -0.05) is 43.3 Å². The molecule has 39 heavy (non-hydrogen) atoms. The van der Waals surface area contributed by atoms with Crippen molar-refractivity contribution in [2.75, 3.05) is 29.0 Å². The predicted octanol–water partition coefficient (Wildman–Crippen LogP) is 5.16. The van der Waals surface area contributed by atoms with Crippen LogP contribution in [-0.2, 0) is 20.1 Å². The summed E-state index contributed by atoms with van der Waals surface area (Å²) in [5.41, 5.74) is 17.1. The quantitative estimate of drug-likeness (QED) is 0.141. The number of aromatic nitrogens is 3. The second-order valence-corrected chi connectivity index (χ2v) is 9.39. The molecule has 0 aliphatic carbocycles. The van der Waals surface area contributed by atoms with Gasteiger partial charge >= 0.3 is 0 Å². The molecule has 9 heteroatoms. The first-order valence-corrected chi connectivity index (χ1v) is 13.1. The normalized spacial score (nSPS) is 10.9. The Morgan fingerprint density at radius 3 is 2.69 bits per heavy atom. The molecule has 2 aromatic heterocycles. The van der Waals surface area contributed by atoms with E-state index in [1.165, 1.54) is 0 Å². The number of nitrogens with two attached hydrogens (primary N) is 2. The number of aliphatic imine (C=N–C) groups is 1. The molecule has 0 saturated carbocycles. The molecule has 0 atom stereocenters. The van der Waals surface area contributed by atoms with Gasteiger partial charge in [0.15, 0.2) is 5.82 Å². The minimum Gasteiger partial charge on any atom is -0.382 e. The van der Waals surface area contributed by atoms with Gasteiger partial charge in [-0.2, -0.15) is 5.10 Å². The van der Waals surface area contributed by atoms with E-state index in [-0.39, 0.29) is 11.5 Å². The molecule has 4 rings (SSSR count). The highest BCUT2D eigenvalue weighted by Crippen LogP contribution is 2.30. The van der Waals surface area contributed by atoms with E-state index < -0.39 is 0 Å². The third kappa shape index (κ3) is 5.83. The first-order chi connectivity index (χ1) is 18.9. The zero-order valence-corrected chi connectivity index (χ0v) is 22.7. The minimum atomic E-state index is 0.243. The van der Waals surface area contributed by atoms with Gasteiger partial charge in [-0.05, 0) is 43.3 Å². The van der Waals surface area contributed by atoms with E-state index in [0.29, 0.717) is 35.7 Å². The molecule has 2 heterocycles. The Morgan fingerprint density at radius 2 is 1.97 bits per heavy atom. The Balaban J connectivity index is 1.72. The summed E-state index contributed by atoms with van der Waals surface area (Å²) in [6, 6.07) is 15.8. The van der Waals surface area contributed by atoms with Crippen molar-refractivity contribution in [1.29, 1.82) is 5.41 Å². The molecule has 0 fully saturated rings. The van der Waals surface area contributed by atoms with Gasteiger partial charge < -0.3 is 21.7 Å². The Morgan fingerprint density at radius 1 is 1.18 bits per heavy atom. The van der Waals surface area contributed by atoms with Crippen LogP contribution in [0, 0.1) is 5.41 Å². The number of hydrogen-bond donors (Lipinski definition) is 4. The van der Waals surface area contributed by atoms with Gasteiger partial charge in [-0.15, -0.1) is 6.58 Å². The van der Waals surface area contributed by atoms with Crippen LogP contribution >= 0.6 is 0 Å². The van der Waals surface area contributed by atoms with Crippen LogP contribution in [0.1, 0.15) is 42.0 Å². The SMILES string of the molecule is C=CCCN(CCC)c1nc2ccccc2cc1CNc1c(C(=N)c2ccc(CN)c(N=C)c2)c(N)nn1C. The third-order valence-electron chi connectivity index (χ3n) is 6.71. The summed E-state index contributed by atoms with van der Waals surface area (Å²) < 4.78 is 1.68. The molecule has 0 unspecified atom stereocenters. The smallest absolute Gasteiger partial charge is 0.157 e. The summed E-state index contributed by atoms with van der Waals surface area (Å²) in [4.78, 5) is 11.5. The van der Waals surface area contributed by atoms with Crippen LogP contribution in [0.3, 0.4) is 0 Å². The number of fused-ring (bicyclic) bond motifs is 1. The monoisotopic (exact) mass is 523 g/mol. The van der Waals surface area contributed by atoms with Crippen LogP contribution in [0.15, 0.2) is 66.2 Å². The van der Waals surface area contributed by atoms with E-state index in [9.17, 15) is 0 Å². The lowest BCUT2D eigenvalue weighted by atomic mass is 10.0. The van der Waals surface area contributed by atoms with Crippen LogP contribution in [0.4, 0.5) is 23.1 Å². The molecule has 4 aromatic rings. The lowest BCUT2D eigenvalue weighted by Crippen LogP contribution is -2.27. The number of para-hydroxylation sites is 1. The van der Waals surface area contributed by atoms with Crippen molar-refractivity contribution in [1.82, 2.24) is 14.8 Å². The molecule has 0 bridgehead atoms. The molecule has 0 amide bonds. The number of nitrogens with one attached hydrogen (secondary N) is 2. The average Bonchev–Trinajstić information content (AvgIpc) is 3.24. The summed E-state index contributed by atoms with van der Waals surface area (Å²) in [6.07, 6.45) is 3.80. The zero-order valence-electron chi connectivity index (χ0n) is 22.7. The Kier molecular flexibility index (Phi) is 8.73. The van der Waals surface area contributed by atoms with Crippen LogP contribution in [0.2, 0.25) is 0 Å². The molecule has 0 saturated heterocycles. The van der Waals surface area contributed by atoms with Gasteiger partial charge in [0.05, 0.1) is 22.5 Å². The summed E-state index contributed by atoms with van der Waals surface area (Å²) >= 11 is 0. The maximum Gasteiger partial charge on any atom is 0.157 e. The Bertz CT molecular complexity index is 1500. The second kappa shape index (κ2) is 12.4. The van der Waals surface area contributed by atoms with E-state index in [4.69, 9.17) is 21.9 Å². The van der Waals surface area contributed by atoms with Crippen molar-refractivity contribution in [2.45, 2.75) is 32.9 Å². The summed E-state index contributed by atoms with van der Waals surface area (Å²) in [5.74, 6) is 1.87. The number of rotatable bonds is 13. The van der Waals surface area contributed by atoms with Crippen molar-refractivity contribution >= 4 is 46.5 Å². The van der Waals surface area contributed by atoms with Gasteiger partial charge in [0.25, 0.3) is 0 Å². The van der Waals surface area contributed by atoms with Crippen LogP contribution in [-0.4, -0.2) is 40.3 Å². The lowest BCUT2D eigenvalue weighted by molar-refractivity contribution is 0.747. The number of benzene rings is 2. The molecule has 0 aliphatic rings. The van der Waals surface area contributed by atoms with E-state index in [1.807, 2.05) is 43.5 Å². The molecule has 9 nitrogen and oxygen atoms in total. The molecular weight excluding hydrogens is 486 g/mol. The molecule has 6 N–H and O–H groups in total. The maximum absolute atomic E-state index is 9.00. The first kappa shape index (κ1) is 27.5. The van der Waals surface area contributed by atoms with Gasteiger partial charge in [-0.25, -0.2) is 4.98 Å². The van der Waals surface area contributed by atoms with Crippen LogP contribution in [0.25, 0.3) is 10.9 Å². The van der Waals surface area contributed by atoms with E-state index in [1.54, 1.807) is 10.7 Å². The second-order valence-electron chi connectivity index (χ2n) is 9.39. The van der Waals surface area contributed by atoms with E-state index in [0.717, 1.165) is 53.8 Å². The van der Waals surface area contributed by atoms with Crippen molar-refractivity contribution < 1.29 is 0 Å². The number of nitrogen functional groups attached to an aromatic ring is 1. The number of pyridine rings is 1. The fourth-order valence-electron chi connectivity index (χ4n) is 4.75. The predicted molar refractivity (Wildman–Crippen MR) is 163 cm³/mol. The summed E-state index contributed by atoms with van der Waals surface area (Å²) in [6.45, 7) is 12.3. The highest BCUT2D eigenvalue weighted by molar-refractivity contribution is 6.16. The molecule has 0 aliphatic heterocycles. The molecular formula is C30H37N9. The van der Waals surface area contributed by atoms with Gasteiger partial charge in [0.2, 0.25) is 0 Å². The standard InChI is InChI=1S/C30H37N9/c1-5-7-15-39(14-6-2)29-23(16-20-10-8-9-11-24(20)36-29)19-35-30-26(28(33)37-38(30)4)27(32)21-12-13-22(18-31)25(17-21)34-3/h5,8-13,16-17,32,35H,1,3,6-7,14-15,18-19,31H2,2,4H3,(H2,33,37). The molecule has 2 aromatic carbocycles. The van der Waals surface area contributed by atoms with E-state index in [2.05, 4.69) is 52.7 Å².